The second-order valence-corrected chi connectivity index (χ2v) is 7.22. The lowest BCUT2D eigenvalue weighted by molar-refractivity contribution is 0.0793. The maximum Gasteiger partial charge on any atom is 0.322 e. The number of hydrogen-bond acceptors (Lipinski definition) is 2. The van der Waals surface area contributed by atoms with E-state index in [1.807, 2.05) is 36.1 Å². The number of carbonyl (C=O) groups excluding carboxylic acids is 2. The smallest absolute Gasteiger partial charge is 0.322 e. The quantitative estimate of drug-likeness (QED) is 0.821. The Balaban J connectivity index is 1.63. The molecule has 0 bridgehead atoms. The van der Waals surface area contributed by atoms with Crippen LogP contribution in [0.4, 0.5) is 10.5 Å². The summed E-state index contributed by atoms with van der Waals surface area (Å²) in [4.78, 5) is 28.4. The molecule has 0 radical (unpaired) electrons. The van der Waals surface area contributed by atoms with Crippen molar-refractivity contribution in [1.29, 1.82) is 0 Å². The molecule has 3 amide bonds. The molecule has 3 rings (SSSR count). The Morgan fingerprint density at radius 2 is 1.70 bits per heavy atom. The molecule has 1 aliphatic heterocycles. The van der Waals surface area contributed by atoms with E-state index in [4.69, 9.17) is 11.6 Å². The van der Waals surface area contributed by atoms with Gasteiger partial charge in [0.05, 0.1) is 6.04 Å². The van der Waals surface area contributed by atoms with Gasteiger partial charge in [0.15, 0.2) is 0 Å². The Morgan fingerprint density at radius 3 is 2.33 bits per heavy atom. The summed E-state index contributed by atoms with van der Waals surface area (Å²) in [7, 11) is 1.73. The number of urea groups is 1. The third kappa shape index (κ3) is 4.42. The Labute approximate surface area is 164 Å². The second kappa shape index (κ2) is 8.44. The van der Waals surface area contributed by atoms with Crippen LogP contribution in [0.5, 0.6) is 0 Å². The molecular formula is C21H24ClN3O2. The van der Waals surface area contributed by atoms with Gasteiger partial charge in [-0.1, -0.05) is 29.8 Å². The lowest BCUT2D eigenvalue weighted by Gasteiger charge is -2.26. The van der Waals surface area contributed by atoms with Gasteiger partial charge in [-0.3, -0.25) is 4.79 Å². The van der Waals surface area contributed by atoms with E-state index in [1.54, 1.807) is 36.2 Å². The third-order valence-corrected chi connectivity index (χ3v) is 5.38. The van der Waals surface area contributed by atoms with E-state index in [-0.39, 0.29) is 18.0 Å². The van der Waals surface area contributed by atoms with Crippen molar-refractivity contribution < 1.29 is 9.59 Å². The van der Waals surface area contributed by atoms with Crippen molar-refractivity contribution in [3.63, 3.8) is 0 Å². The highest BCUT2D eigenvalue weighted by molar-refractivity contribution is 6.31. The number of nitrogens with one attached hydrogen (secondary N) is 1. The molecule has 0 aromatic heterocycles. The maximum atomic E-state index is 12.6. The van der Waals surface area contributed by atoms with Crippen LogP contribution < -0.4 is 5.32 Å². The minimum Gasteiger partial charge on any atom is -0.339 e. The van der Waals surface area contributed by atoms with Crippen LogP contribution in [0.2, 0.25) is 5.02 Å². The van der Waals surface area contributed by atoms with E-state index in [2.05, 4.69) is 5.32 Å². The number of amides is 3. The zero-order valence-corrected chi connectivity index (χ0v) is 16.4. The molecule has 0 saturated carbocycles. The van der Waals surface area contributed by atoms with E-state index in [9.17, 15) is 9.59 Å². The number of carbonyl (C=O) groups is 2. The van der Waals surface area contributed by atoms with Crippen molar-refractivity contribution in [3.05, 3.63) is 64.7 Å². The molecule has 2 aromatic carbocycles. The number of halogens is 1. The molecule has 6 heteroatoms. The summed E-state index contributed by atoms with van der Waals surface area (Å²) in [5, 5.41) is 3.50. The monoisotopic (exact) mass is 385 g/mol. The van der Waals surface area contributed by atoms with E-state index < -0.39 is 0 Å². The van der Waals surface area contributed by atoms with Gasteiger partial charge in [0, 0.05) is 36.4 Å². The summed E-state index contributed by atoms with van der Waals surface area (Å²) < 4.78 is 0. The van der Waals surface area contributed by atoms with Crippen molar-refractivity contribution in [2.24, 2.45) is 0 Å². The van der Waals surface area contributed by atoms with E-state index >= 15 is 0 Å². The van der Waals surface area contributed by atoms with Crippen LogP contribution in [0.25, 0.3) is 0 Å². The Morgan fingerprint density at radius 1 is 1.07 bits per heavy atom. The highest BCUT2D eigenvalue weighted by Crippen LogP contribution is 2.26. The van der Waals surface area contributed by atoms with Crippen LogP contribution in [0.3, 0.4) is 0 Å². The number of benzene rings is 2. The molecule has 142 valence electrons. The molecule has 2 aromatic rings. The van der Waals surface area contributed by atoms with Crippen LogP contribution in [-0.4, -0.2) is 41.9 Å². The topological polar surface area (TPSA) is 52.7 Å². The summed E-state index contributed by atoms with van der Waals surface area (Å²) in [6.45, 7) is 3.57. The van der Waals surface area contributed by atoms with Gasteiger partial charge in [-0.05, 0) is 55.7 Å². The molecule has 1 atom stereocenters. The average molecular weight is 386 g/mol. The normalized spacial score (nSPS) is 14.7. The molecule has 0 spiro atoms. The first-order valence-corrected chi connectivity index (χ1v) is 9.53. The summed E-state index contributed by atoms with van der Waals surface area (Å²) >= 11 is 6.23. The lowest BCUT2D eigenvalue weighted by atomic mass is 10.1. The molecule has 1 saturated heterocycles. The van der Waals surface area contributed by atoms with Crippen LogP contribution in [0.1, 0.15) is 41.7 Å². The van der Waals surface area contributed by atoms with Crippen molar-refractivity contribution in [2.75, 3.05) is 25.5 Å². The predicted molar refractivity (Wildman–Crippen MR) is 108 cm³/mol. The number of likely N-dealkylation sites (tertiary alicyclic amines) is 1. The Kier molecular flexibility index (Phi) is 6.01. The zero-order valence-electron chi connectivity index (χ0n) is 15.6. The molecule has 27 heavy (non-hydrogen) atoms. The minimum absolute atomic E-state index is 0.0508. The van der Waals surface area contributed by atoms with Crippen molar-refractivity contribution >= 4 is 29.2 Å². The van der Waals surface area contributed by atoms with Crippen LogP contribution in [0.15, 0.2) is 48.5 Å². The lowest BCUT2D eigenvalue weighted by Crippen LogP contribution is -2.33. The molecule has 5 nitrogen and oxygen atoms in total. The Hall–Kier alpha value is -2.53. The van der Waals surface area contributed by atoms with E-state index in [0.717, 1.165) is 31.5 Å². The number of nitrogens with zero attached hydrogens (tertiary/aromatic N) is 2. The van der Waals surface area contributed by atoms with Gasteiger partial charge >= 0.3 is 6.03 Å². The van der Waals surface area contributed by atoms with E-state index in [1.165, 1.54) is 0 Å². The summed E-state index contributed by atoms with van der Waals surface area (Å²) in [6.07, 6.45) is 2.13. The first kappa shape index (κ1) is 19.2. The largest absolute Gasteiger partial charge is 0.339 e. The van der Waals surface area contributed by atoms with Gasteiger partial charge in [0.25, 0.3) is 5.91 Å². The molecule has 1 unspecified atom stereocenters. The number of anilines is 1. The van der Waals surface area contributed by atoms with Crippen LogP contribution in [0, 0.1) is 0 Å². The SMILES string of the molecule is CC(c1ccccc1Cl)N(C)C(=O)Nc1ccc(C(=O)N2CCCC2)cc1. The first-order chi connectivity index (χ1) is 13.0. The van der Waals surface area contributed by atoms with Crippen LogP contribution >= 0.6 is 11.6 Å². The van der Waals surface area contributed by atoms with Gasteiger partial charge in [0.2, 0.25) is 0 Å². The highest BCUT2D eigenvalue weighted by atomic mass is 35.5. The van der Waals surface area contributed by atoms with Gasteiger partial charge in [-0.15, -0.1) is 0 Å². The Bertz CT molecular complexity index is 816. The third-order valence-electron chi connectivity index (χ3n) is 5.03. The fourth-order valence-corrected chi connectivity index (χ4v) is 3.50. The number of hydrogen-bond donors (Lipinski definition) is 1. The summed E-state index contributed by atoms with van der Waals surface area (Å²) in [6, 6.07) is 14.1. The fraction of sp³-hybridized carbons (Fsp3) is 0.333. The highest BCUT2D eigenvalue weighted by Gasteiger charge is 2.21. The van der Waals surface area contributed by atoms with Gasteiger partial charge in [-0.2, -0.15) is 0 Å². The van der Waals surface area contributed by atoms with Gasteiger partial charge in [0.1, 0.15) is 0 Å². The molecule has 1 heterocycles. The van der Waals surface area contributed by atoms with Crippen molar-refractivity contribution in [1.82, 2.24) is 9.80 Å². The fourth-order valence-electron chi connectivity index (χ4n) is 3.21. The molecule has 0 aliphatic carbocycles. The zero-order chi connectivity index (χ0) is 19.4. The van der Waals surface area contributed by atoms with Crippen molar-refractivity contribution in [3.8, 4) is 0 Å². The standard InChI is InChI=1S/C21H24ClN3O2/c1-15(18-7-3-4-8-19(18)22)24(2)21(27)23-17-11-9-16(10-12-17)20(26)25-13-5-6-14-25/h3-4,7-12,15H,5-6,13-14H2,1-2H3,(H,23,27). The van der Waals surface area contributed by atoms with Gasteiger partial charge < -0.3 is 15.1 Å². The van der Waals surface area contributed by atoms with E-state index in [0.29, 0.717) is 16.3 Å². The first-order valence-electron chi connectivity index (χ1n) is 9.15. The summed E-state index contributed by atoms with van der Waals surface area (Å²) in [5.74, 6) is 0.0508. The maximum absolute atomic E-state index is 12.6. The molecule has 1 N–H and O–H groups in total. The summed E-state index contributed by atoms with van der Waals surface area (Å²) in [5.41, 5.74) is 2.19. The molecular weight excluding hydrogens is 362 g/mol. The average Bonchev–Trinajstić information content (AvgIpc) is 3.22. The minimum atomic E-state index is -0.235. The second-order valence-electron chi connectivity index (χ2n) is 6.82. The van der Waals surface area contributed by atoms with Crippen molar-refractivity contribution in [2.45, 2.75) is 25.8 Å². The predicted octanol–water partition coefficient (Wildman–Crippen LogP) is 4.80. The molecule has 1 aliphatic rings. The van der Waals surface area contributed by atoms with Crippen LogP contribution in [-0.2, 0) is 0 Å². The number of rotatable bonds is 4. The molecule has 1 fully saturated rings. The van der Waals surface area contributed by atoms with Gasteiger partial charge in [-0.25, -0.2) is 4.79 Å².